The molecule has 0 radical (unpaired) electrons. The standard InChI is InChI=1S/C5H12O3S.C3H5NO/c1-2-3-4-5-8-9(6)7;1-2-3(4)5/h9H,2-5H2,1H3;2H,1H2,(H2,4,5). The summed E-state index contributed by atoms with van der Waals surface area (Å²) in [5, 5.41) is 0. The van der Waals surface area contributed by atoms with E-state index in [2.05, 4.69) is 23.4 Å². The molecule has 1 amide bonds. The van der Waals surface area contributed by atoms with Crippen LogP contribution in [-0.2, 0) is 20.0 Å². The summed E-state index contributed by atoms with van der Waals surface area (Å²) in [6, 6.07) is 0. The Morgan fingerprint density at radius 3 is 2.29 bits per heavy atom. The Bertz CT molecular complexity index is 217. The van der Waals surface area contributed by atoms with Crippen LogP contribution in [0.25, 0.3) is 0 Å². The van der Waals surface area contributed by atoms with Gasteiger partial charge in [-0.15, -0.1) is 0 Å². The normalized spacial score (nSPS) is 9.00. The van der Waals surface area contributed by atoms with Crippen LogP contribution in [0.1, 0.15) is 26.2 Å². The van der Waals surface area contributed by atoms with Crippen LogP contribution in [0.15, 0.2) is 12.7 Å². The van der Waals surface area contributed by atoms with Gasteiger partial charge in [0, 0.05) is 0 Å². The van der Waals surface area contributed by atoms with Gasteiger partial charge in [0.2, 0.25) is 5.91 Å². The van der Waals surface area contributed by atoms with E-state index in [9.17, 15) is 13.2 Å². The zero-order valence-electron chi connectivity index (χ0n) is 8.27. The Kier molecular flexibility index (Phi) is 13.5. The van der Waals surface area contributed by atoms with E-state index in [-0.39, 0.29) is 0 Å². The molecule has 0 aromatic carbocycles. The molecular formula is C8H17NO4S. The van der Waals surface area contributed by atoms with E-state index in [0.29, 0.717) is 6.61 Å². The molecule has 0 heterocycles. The first-order valence-corrected chi connectivity index (χ1v) is 5.33. The van der Waals surface area contributed by atoms with Gasteiger partial charge in [0.05, 0.1) is 6.61 Å². The van der Waals surface area contributed by atoms with Gasteiger partial charge in [0.15, 0.2) is 0 Å². The SMILES string of the molecule is C=CC(N)=O.CCCCCO[SH](=O)=O. The Morgan fingerprint density at radius 1 is 1.50 bits per heavy atom. The maximum absolute atomic E-state index is 9.78. The highest BCUT2D eigenvalue weighted by molar-refractivity contribution is 7.67. The fourth-order valence-electron chi connectivity index (χ4n) is 0.491. The quantitative estimate of drug-likeness (QED) is 0.387. The number of carbonyl (C=O) groups is 1. The molecule has 14 heavy (non-hydrogen) atoms. The van der Waals surface area contributed by atoms with Crippen LogP contribution < -0.4 is 5.73 Å². The minimum Gasteiger partial charge on any atom is -0.366 e. The smallest absolute Gasteiger partial charge is 0.257 e. The molecular weight excluding hydrogens is 206 g/mol. The molecule has 0 fully saturated rings. The van der Waals surface area contributed by atoms with Crippen LogP contribution in [0.4, 0.5) is 0 Å². The molecule has 0 rings (SSSR count). The van der Waals surface area contributed by atoms with Gasteiger partial charge >= 0.3 is 0 Å². The van der Waals surface area contributed by atoms with Crippen molar-refractivity contribution in [2.45, 2.75) is 26.2 Å². The van der Waals surface area contributed by atoms with Crippen molar-refractivity contribution in [3.63, 3.8) is 0 Å². The molecule has 0 bridgehead atoms. The van der Waals surface area contributed by atoms with Gasteiger partial charge in [-0.2, -0.15) is 0 Å². The molecule has 0 spiro atoms. The lowest BCUT2D eigenvalue weighted by Gasteiger charge is -1.92. The number of hydrogen-bond donors (Lipinski definition) is 2. The molecule has 84 valence electrons. The minimum atomic E-state index is -2.62. The maximum Gasteiger partial charge on any atom is 0.257 e. The second kappa shape index (κ2) is 12.1. The van der Waals surface area contributed by atoms with Gasteiger partial charge in [0.25, 0.3) is 11.0 Å². The van der Waals surface area contributed by atoms with Crippen molar-refractivity contribution in [1.82, 2.24) is 0 Å². The molecule has 6 heteroatoms. The average molecular weight is 223 g/mol. The number of hydrogen-bond acceptors (Lipinski definition) is 4. The summed E-state index contributed by atoms with van der Waals surface area (Å²) in [6.45, 7) is 5.48. The Balaban J connectivity index is 0. The monoisotopic (exact) mass is 223 g/mol. The third kappa shape index (κ3) is 22.5. The second-order valence-electron chi connectivity index (χ2n) is 2.37. The Hall–Kier alpha value is -0.880. The molecule has 0 saturated heterocycles. The largest absolute Gasteiger partial charge is 0.366 e. The van der Waals surface area contributed by atoms with E-state index in [4.69, 9.17) is 0 Å². The highest BCUT2D eigenvalue weighted by Crippen LogP contribution is 1.93. The van der Waals surface area contributed by atoms with Gasteiger partial charge in [-0.05, 0) is 12.5 Å². The zero-order chi connectivity index (χ0) is 11.4. The molecule has 0 atom stereocenters. The lowest BCUT2D eigenvalue weighted by Crippen LogP contribution is -2.04. The van der Waals surface area contributed by atoms with Crippen LogP contribution in [0.2, 0.25) is 0 Å². The molecule has 5 nitrogen and oxygen atoms in total. The molecule has 0 aromatic heterocycles. The summed E-state index contributed by atoms with van der Waals surface area (Å²) in [5.41, 5.74) is 4.53. The van der Waals surface area contributed by atoms with E-state index >= 15 is 0 Å². The summed E-state index contributed by atoms with van der Waals surface area (Å²) in [5.74, 6) is -0.481. The summed E-state index contributed by atoms with van der Waals surface area (Å²) < 4.78 is 23.9. The van der Waals surface area contributed by atoms with Gasteiger partial charge in [-0.25, -0.2) is 8.42 Å². The molecule has 2 N–H and O–H groups in total. The van der Waals surface area contributed by atoms with Crippen molar-refractivity contribution in [3.8, 4) is 0 Å². The summed E-state index contributed by atoms with van der Waals surface area (Å²) in [6.07, 6.45) is 4.00. The van der Waals surface area contributed by atoms with Gasteiger partial charge in [0.1, 0.15) is 0 Å². The highest BCUT2D eigenvalue weighted by atomic mass is 32.2. The highest BCUT2D eigenvalue weighted by Gasteiger charge is 1.86. The molecule has 0 unspecified atom stereocenters. The van der Waals surface area contributed by atoms with Crippen LogP contribution >= 0.6 is 0 Å². The first kappa shape index (κ1) is 15.6. The third-order valence-electron chi connectivity index (χ3n) is 1.15. The van der Waals surface area contributed by atoms with Crippen molar-refractivity contribution in [2.75, 3.05) is 6.61 Å². The number of unbranched alkanes of at least 4 members (excludes halogenated alkanes) is 2. The van der Waals surface area contributed by atoms with Crippen molar-refractivity contribution >= 4 is 16.9 Å². The molecule has 0 aliphatic rings. The van der Waals surface area contributed by atoms with E-state index in [1.54, 1.807) is 0 Å². The average Bonchev–Trinajstić information content (AvgIpc) is 2.13. The predicted octanol–water partition coefficient (Wildman–Crippen LogP) is 0.377. The first-order chi connectivity index (χ1) is 6.54. The molecule has 0 aliphatic heterocycles. The maximum atomic E-state index is 9.78. The van der Waals surface area contributed by atoms with Gasteiger partial charge in [-0.1, -0.05) is 26.3 Å². The second-order valence-corrected chi connectivity index (χ2v) is 3.08. The number of primary amides is 1. The number of carbonyl (C=O) groups excluding carboxylic acids is 1. The molecule has 0 saturated carbocycles. The van der Waals surface area contributed by atoms with Crippen LogP contribution in [0.5, 0.6) is 0 Å². The summed E-state index contributed by atoms with van der Waals surface area (Å²) in [4.78, 5) is 9.47. The number of rotatable bonds is 6. The van der Waals surface area contributed by atoms with Crippen molar-refractivity contribution in [1.29, 1.82) is 0 Å². The number of amides is 1. The lowest BCUT2D eigenvalue weighted by atomic mass is 10.3. The van der Waals surface area contributed by atoms with Crippen LogP contribution in [0, 0.1) is 0 Å². The van der Waals surface area contributed by atoms with Crippen molar-refractivity contribution in [3.05, 3.63) is 12.7 Å². The Morgan fingerprint density at radius 2 is 2.00 bits per heavy atom. The minimum absolute atomic E-state index is 0.340. The van der Waals surface area contributed by atoms with Crippen molar-refractivity contribution in [2.24, 2.45) is 5.73 Å². The van der Waals surface area contributed by atoms with Gasteiger partial charge < -0.3 is 5.73 Å². The van der Waals surface area contributed by atoms with E-state index in [1.807, 2.05) is 0 Å². The van der Waals surface area contributed by atoms with E-state index < -0.39 is 16.9 Å². The zero-order valence-corrected chi connectivity index (χ0v) is 9.16. The summed E-state index contributed by atoms with van der Waals surface area (Å²) in [7, 11) is -2.62. The van der Waals surface area contributed by atoms with E-state index in [0.717, 1.165) is 25.3 Å². The fraction of sp³-hybridized carbons (Fsp3) is 0.625. The fourth-order valence-corrected chi connectivity index (χ4v) is 0.769. The van der Waals surface area contributed by atoms with Crippen LogP contribution in [0.3, 0.4) is 0 Å². The van der Waals surface area contributed by atoms with Gasteiger partial charge in [-0.3, -0.25) is 8.98 Å². The molecule has 0 aliphatic carbocycles. The summed E-state index contributed by atoms with van der Waals surface area (Å²) >= 11 is 0. The Labute approximate surface area is 86.1 Å². The van der Waals surface area contributed by atoms with Crippen LogP contribution in [-0.4, -0.2) is 20.9 Å². The lowest BCUT2D eigenvalue weighted by molar-refractivity contribution is -0.113. The third-order valence-corrected chi connectivity index (χ3v) is 1.54. The predicted molar refractivity (Wildman–Crippen MR) is 55.2 cm³/mol. The number of nitrogens with two attached hydrogens (primary N) is 1. The topological polar surface area (TPSA) is 86.5 Å². The molecule has 0 aromatic rings. The first-order valence-electron chi connectivity index (χ1n) is 4.23. The number of thiol groups is 1. The van der Waals surface area contributed by atoms with E-state index in [1.165, 1.54) is 0 Å². The van der Waals surface area contributed by atoms with Crippen molar-refractivity contribution < 1.29 is 17.4 Å².